The number of hydrogen-bond acceptors (Lipinski definition) is 3. The van der Waals surface area contributed by atoms with Crippen LogP contribution in [0.5, 0.6) is 11.5 Å². The molecular formula is C16H20ClNO2. The molecule has 0 saturated heterocycles. The van der Waals surface area contributed by atoms with Gasteiger partial charge in [-0.15, -0.1) is 0 Å². The van der Waals surface area contributed by atoms with Crippen molar-refractivity contribution in [3.8, 4) is 11.5 Å². The highest BCUT2D eigenvalue weighted by Crippen LogP contribution is 2.52. The van der Waals surface area contributed by atoms with E-state index in [2.05, 4.69) is 6.07 Å². The summed E-state index contributed by atoms with van der Waals surface area (Å²) < 4.78 is 12.0. The maximum absolute atomic E-state index is 6.52. The van der Waals surface area contributed by atoms with Crippen LogP contribution in [-0.4, -0.2) is 12.3 Å². The van der Waals surface area contributed by atoms with Crippen molar-refractivity contribution in [3.63, 3.8) is 0 Å². The molecule has 0 amide bonds. The fourth-order valence-electron chi connectivity index (χ4n) is 3.83. The van der Waals surface area contributed by atoms with Gasteiger partial charge in [-0.3, -0.25) is 0 Å². The maximum Gasteiger partial charge on any atom is 0.251 e. The normalized spacial score (nSPS) is 24.9. The molecule has 4 rings (SSSR count). The minimum Gasteiger partial charge on any atom is -0.448 e. The van der Waals surface area contributed by atoms with E-state index in [0.717, 1.165) is 47.8 Å². The summed E-state index contributed by atoms with van der Waals surface area (Å²) in [4.78, 5) is 0. The Morgan fingerprint density at radius 3 is 2.20 bits per heavy atom. The lowest BCUT2D eigenvalue weighted by Crippen LogP contribution is -2.45. The zero-order valence-corrected chi connectivity index (χ0v) is 12.3. The molecule has 108 valence electrons. The molecule has 0 radical (unpaired) electrons. The first-order chi connectivity index (χ1) is 9.66. The molecule has 2 aliphatic carbocycles. The zero-order chi connectivity index (χ0) is 13.8. The van der Waals surface area contributed by atoms with E-state index in [1.54, 1.807) is 0 Å². The van der Waals surface area contributed by atoms with Crippen molar-refractivity contribution in [2.75, 3.05) is 6.54 Å². The van der Waals surface area contributed by atoms with Crippen molar-refractivity contribution in [3.05, 3.63) is 22.7 Å². The SMILES string of the molecule is NCC1(c2cc3c(cc2Cl)OC2(CCC2)O3)CCCC1. The summed E-state index contributed by atoms with van der Waals surface area (Å²) in [6.45, 7) is 0.650. The lowest BCUT2D eigenvalue weighted by atomic mass is 9.79. The Labute approximate surface area is 124 Å². The van der Waals surface area contributed by atoms with Crippen LogP contribution in [-0.2, 0) is 5.41 Å². The highest BCUT2D eigenvalue weighted by Gasteiger charge is 2.48. The lowest BCUT2D eigenvalue weighted by molar-refractivity contribution is -0.138. The molecule has 3 nitrogen and oxygen atoms in total. The second-order valence-corrected chi connectivity index (χ2v) is 6.85. The predicted octanol–water partition coefficient (Wildman–Crippen LogP) is 3.76. The Kier molecular flexibility index (Phi) is 2.74. The first kappa shape index (κ1) is 12.8. The van der Waals surface area contributed by atoms with E-state index >= 15 is 0 Å². The second-order valence-electron chi connectivity index (χ2n) is 6.44. The van der Waals surface area contributed by atoms with E-state index in [-0.39, 0.29) is 5.41 Å². The fraction of sp³-hybridized carbons (Fsp3) is 0.625. The third kappa shape index (κ3) is 1.69. The Morgan fingerprint density at radius 2 is 1.65 bits per heavy atom. The van der Waals surface area contributed by atoms with Gasteiger partial charge in [0.15, 0.2) is 11.5 Å². The van der Waals surface area contributed by atoms with Crippen LogP contribution in [0.1, 0.15) is 50.5 Å². The van der Waals surface area contributed by atoms with E-state index in [1.807, 2.05) is 6.07 Å². The highest BCUT2D eigenvalue weighted by molar-refractivity contribution is 6.31. The first-order valence-corrected chi connectivity index (χ1v) is 7.96. The molecule has 4 heteroatoms. The van der Waals surface area contributed by atoms with Crippen LogP contribution >= 0.6 is 11.6 Å². The molecule has 0 unspecified atom stereocenters. The molecule has 1 aromatic rings. The Morgan fingerprint density at radius 1 is 1.00 bits per heavy atom. The largest absolute Gasteiger partial charge is 0.448 e. The molecular weight excluding hydrogens is 274 g/mol. The molecule has 1 heterocycles. The fourth-order valence-corrected chi connectivity index (χ4v) is 4.18. The van der Waals surface area contributed by atoms with Gasteiger partial charge >= 0.3 is 0 Å². The van der Waals surface area contributed by atoms with Gasteiger partial charge in [0.2, 0.25) is 0 Å². The molecule has 1 spiro atoms. The van der Waals surface area contributed by atoms with Gasteiger partial charge in [0.1, 0.15) is 0 Å². The number of hydrogen-bond donors (Lipinski definition) is 1. The van der Waals surface area contributed by atoms with Gasteiger partial charge in [-0.1, -0.05) is 24.4 Å². The summed E-state index contributed by atoms with van der Waals surface area (Å²) in [5.41, 5.74) is 7.26. The third-order valence-corrected chi connectivity index (χ3v) is 5.58. The van der Waals surface area contributed by atoms with Crippen molar-refractivity contribution in [2.24, 2.45) is 5.73 Å². The number of rotatable bonds is 2. The average molecular weight is 294 g/mol. The van der Waals surface area contributed by atoms with Crippen LogP contribution in [0.25, 0.3) is 0 Å². The summed E-state index contributed by atoms with van der Waals surface area (Å²) in [6, 6.07) is 4.01. The van der Waals surface area contributed by atoms with Gasteiger partial charge in [0.25, 0.3) is 5.79 Å². The molecule has 1 aliphatic heterocycles. The van der Waals surface area contributed by atoms with E-state index in [1.165, 1.54) is 19.3 Å². The Balaban J connectivity index is 1.74. The molecule has 2 N–H and O–H groups in total. The summed E-state index contributed by atoms with van der Waals surface area (Å²) in [7, 11) is 0. The van der Waals surface area contributed by atoms with Gasteiger partial charge < -0.3 is 15.2 Å². The molecule has 0 bridgehead atoms. The van der Waals surface area contributed by atoms with Crippen molar-refractivity contribution in [2.45, 2.75) is 56.1 Å². The minimum absolute atomic E-state index is 0.0326. The van der Waals surface area contributed by atoms with Crippen molar-refractivity contribution in [1.82, 2.24) is 0 Å². The lowest BCUT2D eigenvalue weighted by Gasteiger charge is -2.35. The second kappa shape index (κ2) is 4.28. The van der Waals surface area contributed by atoms with Crippen molar-refractivity contribution < 1.29 is 9.47 Å². The molecule has 0 aromatic heterocycles. The molecule has 0 atom stereocenters. The van der Waals surface area contributed by atoms with Crippen molar-refractivity contribution in [1.29, 1.82) is 0 Å². The van der Waals surface area contributed by atoms with Crippen LogP contribution in [0.3, 0.4) is 0 Å². The van der Waals surface area contributed by atoms with Crippen LogP contribution in [0.4, 0.5) is 0 Å². The van der Waals surface area contributed by atoms with Crippen LogP contribution in [0.2, 0.25) is 5.02 Å². The monoisotopic (exact) mass is 293 g/mol. The summed E-state index contributed by atoms with van der Waals surface area (Å²) in [5.74, 6) is 1.25. The maximum atomic E-state index is 6.52. The van der Waals surface area contributed by atoms with E-state index in [4.69, 9.17) is 26.8 Å². The topological polar surface area (TPSA) is 44.5 Å². The Bertz CT molecular complexity index is 548. The van der Waals surface area contributed by atoms with Gasteiger partial charge in [-0.05, 0) is 30.9 Å². The van der Waals surface area contributed by atoms with Crippen LogP contribution in [0.15, 0.2) is 12.1 Å². The highest BCUT2D eigenvalue weighted by atomic mass is 35.5. The quantitative estimate of drug-likeness (QED) is 0.903. The van der Waals surface area contributed by atoms with Gasteiger partial charge in [-0.25, -0.2) is 0 Å². The van der Waals surface area contributed by atoms with Gasteiger partial charge in [0, 0.05) is 35.9 Å². The molecule has 20 heavy (non-hydrogen) atoms. The molecule has 2 fully saturated rings. The minimum atomic E-state index is -0.393. The zero-order valence-electron chi connectivity index (χ0n) is 11.6. The predicted molar refractivity (Wildman–Crippen MR) is 78.5 cm³/mol. The summed E-state index contributed by atoms with van der Waals surface area (Å²) in [6.07, 6.45) is 7.80. The molecule has 2 saturated carbocycles. The summed E-state index contributed by atoms with van der Waals surface area (Å²) >= 11 is 6.52. The third-order valence-electron chi connectivity index (χ3n) is 5.26. The van der Waals surface area contributed by atoms with Gasteiger partial charge in [-0.2, -0.15) is 0 Å². The van der Waals surface area contributed by atoms with E-state index in [0.29, 0.717) is 6.54 Å². The van der Waals surface area contributed by atoms with E-state index in [9.17, 15) is 0 Å². The standard InChI is InChI=1S/C16H20ClNO2/c17-12-9-14-13(19-16(20-14)6-3-7-16)8-11(12)15(10-18)4-1-2-5-15/h8-9H,1-7,10,18H2. The number of benzene rings is 1. The smallest absolute Gasteiger partial charge is 0.251 e. The van der Waals surface area contributed by atoms with E-state index < -0.39 is 5.79 Å². The van der Waals surface area contributed by atoms with Gasteiger partial charge in [0.05, 0.1) is 0 Å². The van der Waals surface area contributed by atoms with Crippen LogP contribution in [0, 0.1) is 0 Å². The summed E-state index contributed by atoms with van der Waals surface area (Å²) in [5, 5.41) is 0.774. The number of ether oxygens (including phenoxy) is 2. The average Bonchev–Trinajstić information content (AvgIpc) is 3.01. The molecule has 3 aliphatic rings. The Hall–Kier alpha value is -0.930. The van der Waals surface area contributed by atoms with Crippen molar-refractivity contribution >= 4 is 11.6 Å². The first-order valence-electron chi connectivity index (χ1n) is 7.59. The number of fused-ring (bicyclic) bond motifs is 1. The number of halogens is 1. The van der Waals surface area contributed by atoms with Crippen LogP contribution < -0.4 is 15.2 Å². The molecule has 1 aromatic carbocycles. The number of nitrogens with two attached hydrogens (primary N) is 1.